The monoisotopic (exact) mass is 620 g/mol. The van der Waals surface area contributed by atoms with E-state index in [1.54, 1.807) is 0 Å². The molecule has 0 N–H and O–H groups in total. The van der Waals surface area contributed by atoms with Crippen molar-refractivity contribution in [1.29, 1.82) is 0 Å². The first-order valence-electron chi connectivity index (χ1n) is 16.2. The fourth-order valence-corrected chi connectivity index (χ4v) is 6.17. The summed E-state index contributed by atoms with van der Waals surface area (Å²) >= 11 is 0. The largest absolute Gasteiger partial charge is 0.326 e. The van der Waals surface area contributed by atoms with Crippen LogP contribution in [0.15, 0.2) is 207 Å². The smallest absolute Gasteiger partial charge is 0.0954 e. The summed E-state index contributed by atoms with van der Waals surface area (Å²) < 4.78 is 4.29. The number of hydrogen-bond donors (Lipinski definition) is 0. The molecule has 8 aromatic rings. The minimum absolute atomic E-state index is 0.138. The molecule has 4 nitrogen and oxygen atoms in total. The average Bonchev–Trinajstić information content (AvgIpc) is 3.91. The lowest BCUT2D eigenvalue weighted by atomic mass is 9.96. The maximum Gasteiger partial charge on any atom is 0.0954 e. The highest BCUT2D eigenvalue weighted by Gasteiger charge is 2.17. The Hall–Kier alpha value is -6.26. The van der Waals surface area contributed by atoms with Gasteiger partial charge in [0.25, 0.3) is 0 Å². The molecule has 0 aliphatic rings. The van der Waals surface area contributed by atoms with Gasteiger partial charge in [-0.15, -0.1) is 0 Å². The number of benzene rings is 6. The molecule has 0 aliphatic heterocycles. The lowest BCUT2D eigenvalue weighted by Crippen LogP contribution is -2.10. The molecule has 4 heteroatoms. The van der Waals surface area contributed by atoms with E-state index in [0.717, 1.165) is 0 Å². The molecule has 2 unspecified atom stereocenters. The van der Waals surface area contributed by atoms with Crippen LogP contribution in [0.25, 0.3) is 22.3 Å². The maximum absolute atomic E-state index is 4.22. The Kier molecular flexibility index (Phi) is 9.43. The lowest BCUT2D eigenvalue weighted by molar-refractivity contribution is 0.677. The fraction of sp³-hybridized carbons (Fsp3) is 0.0455. The molecule has 6 aromatic carbocycles. The Balaban J connectivity index is 0.000000152. The Labute approximate surface area is 282 Å². The number of nitrogens with zero attached hydrogens (tertiary/aromatic N) is 4. The van der Waals surface area contributed by atoms with Crippen molar-refractivity contribution < 1.29 is 0 Å². The highest BCUT2D eigenvalue weighted by Crippen LogP contribution is 2.30. The Bertz CT molecular complexity index is 1920. The van der Waals surface area contributed by atoms with Crippen LogP contribution in [-0.2, 0) is 0 Å². The van der Waals surface area contributed by atoms with Gasteiger partial charge in [0.1, 0.15) is 0 Å². The molecule has 2 aromatic heterocycles. The van der Waals surface area contributed by atoms with Gasteiger partial charge in [0, 0.05) is 24.8 Å². The lowest BCUT2D eigenvalue weighted by Gasteiger charge is -2.20. The Morgan fingerprint density at radius 3 is 0.917 bits per heavy atom. The van der Waals surface area contributed by atoms with Crippen molar-refractivity contribution in [3.8, 4) is 22.3 Å². The van der Waals surface area contributed by atoms with Crippen LogP contribution in [0.3, 0.4) is 0 Å². The quantitative estimate of drug-likeness (QED) is 0.169. The Morgan fingerprint density at radius 2 is 0.604 bits per heavy atom. The van der Waals surface area contributed by atoms with Gasteiger partial charge in [-0.25, -0.2) is 9.97 Å². The van der Waals surface area contributed by atoms with Crippen LogP contribution in [0.5, 0.6) is 0 Å². The van der Waals surface area contributed by atoms with Crippen molar-refractivity contribution in [2.45, 2.75) is 12.1 Å². The van der Waals surface area contributed by atoms with Gasteiger partial charge in [0.15, 0.2) is 0 Å². The summed E-state index contributed by atoms with van der Waals surface area (Å²) in [5.74, 6) is 0. The molecule has 8 rings (SSSR count). The molecule has 0 radical (unpaired) electrons. The summed E-state index contributed by atoms with van der Waals surface area (Å²) in [5, 5.41) is 0. The summed E-state index contributed by atoms with van der Waals surface area (Å²) in [6.45, 7) is 0. The van der Waals surface area contributed by atoms with Gasteiger partial charge in [-0.1, -0.05) is 170 Å². The standard InChI is InChI=1S/2C22H18N2/c2*1-3-7-18(8-4-1)19-11-13-21(14-12-19)22(24-16-15-23-17-24)20-9-5-2-6-10-20/h2*1-17,22H. The van der Waals surface area contributed by atoms with Gasteiger partial charge in [0.2, 0.25) is 0 Å². The normalized spacial score (nSPS) is 12.0. The third kappa shape index (κ3) is 7.09. The van der Waals surface area contributed by atoms with Crippen molar-refractivity contribution >= 4 is 0 Å². The van der Waals surface area contributed by atoms with Crippen LogP contribution in [0, 0.1) is 0 Å². The SMILES string of the molecule is c1ccc(-c2ccc(C(c3ccccc3)n3ccnc3)cc2)cc1.c1ccc(-c2ccc(C(c3ccccc3)n3ccnc3)cc2)cc1. The van der Waals surface area contributed by atoms with Crippen molar-refractivity contribution in [2.75, 3.05) is 0 Å². The summed E-state index contributed by atoms with van der Waals surface area (Å²) in [7, 11) is 0. The average molecular weight is 621 g/mol. The fourth-order valence-electron chi connectivity index (χ4n) is 6.17. The van der Waals surface area contributed by atoms with E-state index >= 15 is 0 Å². The molecular formula is C44H36N4. The maximum atomic E-state index is 4.22. The zero-order valence-electron chi connectivity index (χ0n) is 26.6. The van der Waals surface area contributed by atoms with Crippen molar-refractivity contribution in [2.24, 2.45) is 0 Å². The molecule has 0 spiro atoms. The van der Waals surface area contributed by atoms with E-state index in [4.69, 9.17) is 0 Å². The van der Waals surface area contributed by atoms with E-state index in [1.807, 2.05) is 61.7 Å². The summed E-state index contributed by atoms with van der Waals surface area (Å²) in [5.41, 5.74) is 9.95. The van der Waals surface area contributed by atoms with E-state index in [1.165, 1.54) is 44.5 Å². The van der Waals surface area contributed by atoms with E-state index < -0.39 is 0 Å². The molecule has 0 fully saturated rings. The molecule has 2 atom stereocenters. The molecule has 48 heavy (non-hydrogen) atoms. The number of rotatable bonds is 8. The summed E-state index contributed by atoms with van der Waals surface area (Å²) in [6.07, 6.45) is 11.4. The van der Waals surface area contributed by atoms with E-state index in [9.17, 15) is 0 Å². The first-order chi connectivity index (χ1) is 23.8. The molecule has 0 aliphatic carbocycles. The van der Waals surface area contributed by atoms with Crippen LogP contribution in [-0.4, -0.2) is 19.1 Å². The second-order valence-corrected chi connectivity index (χ2v) is 11.6. The first-order valence-corrected chi connectivity index (χ1v) is 16.2. The summed E-state index contributed by atoms with van der Waals surface area (Å²) in [4.78, 5) is 8.44. The minimum Gasteiger partial charge on any atom is -0.326 e. The van der Waals surface area contributed by atoms with E-state index in [0.29, 0.717) is 0 Å². The van der Waals surface area contributed by atoms with Crippen LogP contribution >= 0.6 is 0 Å². The number of imidazole rings is 2. The molecule has 232 valence electrons. The van der Waals surface area contributed by atoms with E-state index in [-0.39, 0.29) is 12.1 Å². The second-order valence-electron chi connectivity index (χ2n) is 11.6. The topological polar surface area (TPSA) is 35.6 Å². The van der Waals surface area contributed by atoms with E-state index in [2.05, 4.69) is 165 Å². The number of hydrogen-bond acceptors (Lipinski definition) is 2. The third-order valence-corrected chi connectivity index (χ3v) is 8.54. The van der Waals surface area contributed by atoms with Crippen LogP contribution in [0.4, 0.5) is 0 Å². The Morgan fingerprint density at radius 1 is 0.312 bits per heavy atom. The molecule has 0 bridgehead atoms. The van der Waals surface area contributed by atoms with Crippen molar-refractivity contribution in [3.63, 3.8) is 0 Å². The van der Waals surface area contributed by atoms with Gasteiger partial charge in [0.05, 0.1) is 24.7 Å². The van der Waals surface area contributed by atoms with Gasteiger partial charge in [-0.3, -0.25) is 0 Å². The molecule has 0 amide bonds. The number of aromatic nitrogens is 4. The van der Waals surface area contributed by atoms with Crippen LogP contribution < -0.4 is 0 Å². The first kappa shape index (κ1) is 30.4. The molecule has 0 saturated heterocycles. The predicted molar refractivity (Wildman–Crippen MR) is 196 cm³/mol. The predicted octanol–water partition coefficient (Wildman–Crippen LogP) is 10.4. The van der Waals surface area contributed by atoms with Crippen molar-refractivity contribution in [3.05, 3.63) is 230 Å². The molecular weight excluding hydrogens is 585 g/mol. The molecule has 0 saturated carbocycles. The van der Waals surface area contributed by atoms with Crippen LogP contribution in [0.1, 0.15) is 34.3 Å². The highest BCUT2D eigenvalue weighted by molar-refractivity contribution is 5.64. The van der Waals surface area contributed by atoms with Gasteiger partial charge in [-0.05, 0) is 44.5 Å². The minimum atomic E-state index is 0.138. The summed E-state index contributed by atoms with van der Waals surface area (Å²) in [6, 6.07) is 59.9. The van der Waals surface area contributed by atoms with Gasteiger partial charge >= 0.3 is 0 Å². The van der Waals surface area contributed by atoms with Gasteiger partial charge < -0.3 is 9.13 Å². The highest BCUT2D eigenvalue weighted by atomic mass is 15.1. The van der Waals surface area contributed by atoms with Crippen molar-refractivity contribution in [1.82, 2.24) is 19.1 Å². The molecule has 2 heterocycles. The van der Waals surface area contributed by atoms with Gasteiger partial charge in [-0.2, -0.15) is 0 Å². The second kappa shape index (κ2) is 14.9. The van der Waals surface area contributed by atoms with Crippen LogP contribution in [0.2, 0.25) is 0 Å². The zero-order valence-corrected chi connectivity index (χ0v) is 26.6. The zero-order chi connectivity index (χ0) is 32.4. The third-order valence-electron chi connectivity index (χ3n) is 8.54.